The molecule has 3 N–H and O–H groups in total. The Balaban J connectivity index is 1.67. The number of anilines is 1. The van der Waals surface area contributed by atoms with Crippen LogP contribution in [0.1, 0.15) is 47.2 Å². The molecule has 0 spiro atoms. The zero-order valence-electron chi connectivity index (χ0n) is 18.7. The van der Waals surface area contributed by atoms with E-state index in [-0.39, 0.29) is 28.0 Å². The van der Waals surface area contributed by atoms with Gasteiger partial charge in [0, 0.05) is 12.1 Å². The van der Waals surface area contributed by atoms with Crippen LogP contribution in [0.15, 0.2) is 76.2 Å². The topological polar surface area (TPSA) is 118 Å². The number of carbonyl (C=O) groups is 2. The molecule has 2 amide bonds. The Bertz CT molecular complexity index is 1230. The summed E-state index contributed by atoms with van der Waals surface area (Å²) in [5.41, 5.74) is 0.964. The van der Waals surface area contributed by atoms with E-state index in [0.717, 1.165) is 5.56 Å². The maximum atomic E-state index is 12.7. The van der Waals surface area contributed by atoms with E-state index in [1.54, 1.807) is 45.0 Å². The molecule has 0 saturated carbocycles. The second kappa shape index (κ2) is 10.0. The van der Waals surface area contributed by atoms with Crippen LogP contribution in [0.4, 0.5) is 5.69 Å². The zero-order valence-corrected chi connectivity index (χ0v) is 19.5. The van der Waals surface area contributed by atoms with Crippen molar-refractivity contribution in [1.82, 2.24) is 10.0 Å². The predicted molar refractivity (Wildman–Crippen MR) is 126 cm³/mol. The van der Waals surface area contributed by atoms with Gasteiger partial charge in [0.1, 0.15) is 0 Å². The highest BCUT2D eigenvalue weighted by Gasteiger charge is 2.26. The Kier molecular flexibility index (Phi) is 7.35. The molecule has 8 nitrogen and oxygen atoms in total. The fourth-order valence-electron chi connectivity index (χ4n) is 3.07. The van der Waals surface area contributed by atoms with Crippen LogP contribution in [0.25, 0.3) is 0 Å². The summed E-state index contributed by atoms with van der Waals surface area (Å²) in [5.74, 6) is -1.20. The van der Waals surface area contributed by atoms with Crippen molar-refractivity contribution in [3.63, 3.8) is 0 Å². The first kappa shape index (κ1) is 24.2. The fraction of sp³-hybridized carbons (Fsp3) is 0.250. The fourth-order valence-corrected chi connectivity index (χ4v) is 4.43. The van der Waals surface area contributed by atoms with Crippen molar-refractivity contribution in [3.8, 4) is 0 Å². The van der Waals surface area contributed by atoms with E-state index >= 15 is 0 Å². The van der Waals surface area contributed by atoms with Crippen molar-refractivity contribution in [2.24, 2.45) is 0 Å². The van der Waals surface area contributed by atoms with Crippen molar-refractivity contribution >= 4 is 27.5 Å². The summed E-state index contributed by atoms with van der Waals surface area (Å²) in [6.45, 7) is 5.53. The summed E-state index contributed by atoms with van der Waals surface area (Å²) in [4.78, 5) is 25.3. The van der Waals surface area contributed by atoms with Gasteiger partial charge in [0.2, 0.25) is 5.09 Å². The number of carbonyl (C=O) groups excluding carboxylic acids is 2. The van der Waals surface area contributed by atoms with E-state index in [1.807, 2.05) is 30.3 Å². The first-order valence-electron chi connectivity index (χ1n) is 10.4. The summed E-state index contributed by atoms with van der Waals surface area (Å²) in [6.07, 6.45) is 0.674. The number of hydrogen-bond donors (Lipinski definition) is 3. The molecule has 33 heavy (non-hydrogen) atoms. The largest absolute Gasteiger partial charge is 0.438 e. The average Bonchev–Trinajstić information content (AvgIpc) is 3.25. The molecule has 3 aromatic rings. The maximum Gasteiger partial charge on any atom is 0.291 e. The van der Waals surface area contributed by atoms with E-state index in [9.17, 15) is 18.0 Å². The van der Waals surface area contributed by atoms with Crippen LogP contribution in [0, 0.1) is 0 Å². The highest BCUT2D eigenvalue weighted by atomic mass is 32.2. The molecule has 9 heteroatoms. The molecule has 0 aliphatic heterocycles. The molecule has 0 atom stereocenters. The molecule has 0 fully saturated rings. The zero-order chi connectivity index (χ0) is 24.1. The molecule has 0 aliphatic carbocycles. The number of rotatable bonds is 8. The van der Waals surface area contributed by atoms with Gasteiger partial charge in [0.25, 0.3) is 21.8 Å². The molecule has 0 unspecified atom stereocenters. The molecular formula is C24H27N3O5S. The first-order chi connectivity index (χ1) is 15.5. The molecule has 1 aromatic heterocycles. The second-order valence-corrected chi connectivity index (χ2v) is 10.1. The quantitative estimate of drug-likeness (QED) is 0.466. The SMILES string of the molecule is CC(C)(C)NS(=O)(=O)c1ccc(C(=O)Nc2ccccc2C(=O)NCCc2ccccc2)o1. The van der Waals surface area contributed by atoms with E-state index in [2.05, 4.69) is 15.4 Å². The Morgan fingerprint density at radius 3 is 2.24 bits per heavy atom. The second-order valence-electron chi connectivity index (χ2n) is 8.47. The molecule has 0 saturated heterocycles. The average molecular weight is 470 g/mol. The predicted octanol–water partition coefficient (Wildman–Crippen LogP) is 3.58. The van der Waals surface area contributed by atoms with Gasteiger partial charge in [0.05, 0.1) is 11.3 Å². The van der Waals surface area contributed by atoms with Crippen LogP contribution in [0.2, 0.25) is 0 Å². The number of amides is 2. The molecule has 174 valence electrons. The van der Waals surface area contributed by atoms with E-state index in [1.165, 1.54) is 12.1 Å². The monoisotopic (exact) mass is 469 g/mol. The van der Waals surface area contributed by atoms with Gasteiger partial charge in [-0.05, 0) is 57.0 Å². The molecule has 0 bridgehead atoms. The molecule has 0 aliphatic rings. The third kappa shape index (κ3) is 6.77. The Morgan fingerprint density at radius 1 is 0.879 bits per heavy atom. The Hall–Kier alpha value is -3.43. The smallest absolute Gasteiger partial charge is 0.291 e. The van der Waals surface area contributed by atoms with Crippen molar-refractivity contribution < 1.29 is 22.4 Å². The molecule has 0 radical (unpaired) electrons. The van der Waals surface area contributed by atoms with Crippen LogP contribution >= 0.6 is 0 Å². The summed E-state index contributed by atoms with van der Waals surface area (Å²) in [5, 5.41) is 5.10. The van der Waals surface area contributed by atoms with Gasteiger partial charge >= 0.3 is 0 Å². The lowest BCUT2D eigenvalue weighted by molar-refractivity contribution is 0.0955. The van der Waals surface area contributed by atoms with E-state index in [0.29, 0.717) is 13.0 Å². The van der Waals surface area contributed by atoms with Gasteiger partial charge in [0.15, 0.2) is 5.76 Å². The highest BCUT2D eigenvalue weighted by molar-refractivity contribution is 7.89. The lowest BCUT2D eigenvalue weighted by Gasteiger charge is -2.18. The van der Waals surface area contributed by atoms with Crippen LogP contribution in [0.5, 0.6) is 0 Å². The molecule has 1 heterocycles. The summed E-state index contributed by atoms with van der Waals surface area (Å²) in [6, 6.07) is 18.8. The van der Waals surface area contributed by atoms with Crippen LogP contribution < -0.4 is 15.4 Å². The Morgan fingerprint density at radius 2 is 1.55 bits per heavy atom. The van der Waals surface area contributed by atoms with Crippen LogP contribution in [-0.4, -0.2) is 32.3 Å². The van der Waals surface area contributed by atoms with Crippen molar-refractivity contribution in [2.45, 2.75) is 37.8 Å². The van der Waals surface area contributed by atoms with Gasteiger partial charge in [-0.2, -0.15) is 0 Å². The normalized spacial score (nSPS) is 11.7. The lowest BCUT2D eigenvalue weighted by atomic mass is 10.1. The lowest BCUT2D eigenvalue weighted by Crippen LogP contribution is -2.40. The van der Waals surface area contributed by atoms with Crippen molar-refractivity contribution in [3.05, 3.63) is 83.6 Å². The summed E-state index contributed by atoms with van der Waals surface area (Å²) in [7, 11) is -3.92. The number of benzene rings is 2. The minimum absolute atomic E-state index is 0.191. The first-order valence-corrected chi connectivity index (χ1v) is 11.9. The standard InChI is InChI=1S/C24H27N3O5S/c1-24(2,3)27-33(30,31)21-14-13-20(32-21)23(29)26-19-12-8-7-11-18(19)22(28)25-16-15-17-9-5-4-6-10-17/h4-14,27H,15-16H2,1-3H3,(H,25,28)(H,26,29). The molecule has 3 rings (SSSR count). The van der Waals surface area contributed by atoms with E-state index in [4.69, 9.17) is 4.42 Å². The number of nitrogens with one attached hydrogen (secondary N) is 3. The third-order valence-electron chi connectivity index (χ3n) is 4.47. The number of para-hydroxylation sites is 1. The van der Waals surface area contributed by atoms with Gasteiger partial charge < -0.3 is 15.1 Å². The van der Waals surface area contributed by atoms with Crippen LogP contribution in [-0.2, 0) is 16.4 Å². The van der Waals surface area contributed by atoms with Gasteiger partial charge in [-0.1, -0.05) is 42.5 Å². The molecule has 2 aromatic carbocycles. The van der Waals surface area contributed by atoms with Gasteiger partial charge in [-0.25, -0.2) is 13.1 Å². The summed E-state index contributed by atoms with van der Waals surface area (Å²) >= 11 is 0. The highest BCUT2D eigenvalue weighted by Crippen LogP contribution is 2.20. The number of furan rings is 1. The van der Waals surface area contributed by atoms with Crippen molar-refractivity contribution in [1.29, 1.82) is 0 Å². The number of sulfonamides is 1. The maximum absolute atomic E-state index is 12.7. The summed E-state index contributed by atoms with van der Waals surface area (Å²) < 4.78 is 32.5. The van der Waals surface area contributed by atoms with E-state index < -0.39 is 21.5 Å². The number of hydrogen-bond acceptors (Lipinski definition) is 5. The third-order valence-corrected chi connectivity index (χ3v) is 6.10. The minimum atomic E-state index is -3.92. The van der Waals surface area contributed by atoms with Gasteiger partial charge in [-0.3, -0.25) is 9.59 Å². The molecular weight excluding hydrogens is 442 g/mol. The Labute approximate surface area is 193 Å². The van der Waals surface area contributed by atoms with Crippen molar-refractivity contribution in [2.75, 3.05) is 11.9 Å². The van der Waals surface area contributed by atoms with Gasteiger partial charge in [-0.15, -0.1) is 0 Å². The minimum Gasteiger partial charge on any atom is -0.438 e. The van der Waals surface area contributed by atoms with Crippen LogP contribution in [0.3, 0.4) is 0 Å².